The van der Waals surface area contributed by atoms with Gasteiger partial charge in [0.15, 0.2) is 11.5 Å². The van der Waals surface area contributed by atoms with Gasteiger partial charge in [0.1, 0.15) is 11.5 Å². The lowest BCUT2D eigenvalue weighted by molar-refractivity contribution is -0.134. The maximum Gasteiger partial charge on any atom is 0.311 e. The minimum absolute atomic E-state index is 0.236. The van der Waals surface area contributed by atoms with Crippen molar-refractivity contribution in [1.29, 1.82) is 0 Å². The van der Waals surface area contributed by atoms with Crippen LogP contribution in [-0.4, -0.2) is 13.1 Å². The van der Waals surface area contributed by atoms with Crippen molar-refractivity contribution in [1.82, 2.24) is 0 Å². The molecule has 4 nitrogen and oxygen atoms in total. The Morgan fingerprint density at radius 3 is 2.38 bits per heavy atom. The van der Waals surface area contributed by atoms with Crippen LogP contribution in [0.1, 0.15) is 12.2 Å². The molecule has 0 N–H and O–H groups in total. The zero-order valence-corrected chi connectivity index (χ0v) is 13.4. The van der Waals surface area contributed by atoms with E-state index < -0.39 is 0 Å². The van der Waals surface area contributed by atoms with Crippen LogP contribution >= 0.6 is 0 Å². The average Bonchev–Trinajstić information content (AvgIpc) is 3.10. The molecule has 0 radical (unpaired) electrons. The van der Waals surface area contributed by atoms with E-state index in [9.17, 15) is 4.79 Å². The van der Waals surface area contributed by atoms with Crippen molar-refractivity contribution >= 4 is 5.97 Å². The maximum atomic E-state index is 12.0. The molecule has 2 aromatic carbocycles. The number of benzene rings is 2. The van der Waals surface area contributed by atoms with Gasteiger partial charge in [0.2, 0.25) is 0 Å². The van der Waals surface area contributed by atoms with Crippen LogP contribution in [0.3, 0.4) is 0 Å². The van der Waals surface area contributed by atoms with Crippen LogP contribution in [0, 0.1) is 0 Å². The maximum absolute atomic E-state index is 12.0. The Morgan fingerprint density at radius 2 is 1.62 bits per heavy atom. The van der Waals surface area contributed by atoms with Gasteiger partial charge in [0.25, 0.3) is 0 Å². The Balaban J connectivity index is 1.58. The molecule has 0 atom stereocenters. The predicted molar refractivity (Wildman–Crippen MR) is 91.1 cm³/mol. The lowest BCUT2D eigenvalue weighted by Crippen LogP contribution is -2.09. The molecule has 1 aromatic heterocycles. The summed E-state index contributed by atoms with van der Waals surface area (Å²) < 4.78 is 16.3. The third-order valence-corrected chi connectivity index (χ3v) is 3.59. The molecule has 0 aliphatic carbocycles. The topological polar surface area (TPSA) is 48.7 Å². The number of rotatable bonds is 6. The van der Waals surface area contributed by atoms with E-state index in [1.165, 1.54) is 0 Å². The lowest BCUT2D eigenvalue weighted by atomic mass is 10.2. The summed E-state index contributed by atoms with van der Waals surface area (Å²) in [4.78, 5) is 12.0. The number of ether oxygens (including phenoxy) is 2. The fourth-order valence-corrected chi connectivity index (χ4v) is 2.37. The fourth-order valence-electron chi connectivity index (χ4n) is 2.37. The van der Waals surface area contributed by atoms with Crippen LogP contribution in [-0.2, 0) is 11.2 Å². The summed E-state index contributed by atoms with van der Waals surface area (Å²) in [6.07, 6.45) is 0.723. The largest absolute Gasteiger partial charge is 0.493 e. The molecule has 0 aliphatic heterocycles. The van der Waals surface area contributed by atoms with Crippen LogP contribution in [0.25, 0.3) is 11.3 Å². The van der Waals surface area contributed by atoms with Crippen molar-refractivity contribution in [2.75, 3.05) is 7.11 Å². The summed E-state index contributed by atoms with van der Waals surface area (Å²) in [5, 5.41) is 0. The number of esters is 1. The average molecular weight is 322 g/mol. The second-order valence-electron chi connectivity index (χ2n) is 5.26. The molecule has 0 amide bonds. The van der Waals surface area contributed by atoms with Crippen molar-refractivity contribution < 1.29 is 18.7 Å². The number of carbonyl (C=O) groups excluding carboxylic acids is 1. The van der Waals surface area contributed by atoms with Crippen LogP contribution in [0.15, 0.2) is 71.1 Å². The SMILES string of the molecule is COc1ccccc1OC(=O)CCc1ccc(-c2ccccc2)o1. The predicted octanol–water partition coefficient (Wildman–Crippen LogP) is 4.49. The number of hydrogen-bond acceptors (Lipinski definition) is 4. The minimum Gasteiger partial charge on any atom is -0.493 e. The summed E-state index contributed by atoms with van der Waals surface area (Å²) in [5.74, 6) is 2.19. The Morgan fingerprint density at radius 1 is 0.917 bits per heavy atom. The van der Waals surface area contributed by atoms with Crippen molar-refractivity contribution in [3.8, 4) is 22.8 Å². The van der Waals surface area contributed by atoms with Crippen molar-refractivity contribution in [3.63, 3.8) is 0 Å². The Kier molecular flexibility index (Phi) is 4.96. The summed E-state index contributed by atoms with van der Waals surface area (Å²) in [7, 11) is 1.54. The van der Waals surface area contributed by atoms with E-state index in [1.807, 2.05) is 48.5 Å². The minimum atomic E-state index is -0.322. The summed E-state index contributed by atoms with van der Waals surface area (Å²) in [6, 6.07) is 20.7. The Bertz CT molecular complexity index is 805. The number of aryl methyl sites for hydroxylation is 1. The van der Waals surface area contributed by atoms with E-state index in [0.717, 1.165) is 17.1 Å². The van der Waals surface area contributed by atoms with Gasteiger partial charge in [-0.25, -0.2) is 0 Å². The molecule has 0 saturated carbocycles. The van der Waals surface area contributed by atoms with E-state index in [4.69, 9.17) is 13.9 Å². The fraction of sp³-hybridized carbons (Fsp3) is 0.150. The first-order valence-corrected chi connectivity index (χ1v) is 7.74. The van der Waals surface area contributed by atoms with Gasteiger partial charge < -0.3 is 13.9 Å². The molecule has 0 aliphatic rings. The summed E-state index contributed by atoms with van der Waals surface area (Å²) in [6.45, 7) is 0. The highest BCUT2D eigenvalue weighted by molar-refractivity contribution is 5.73. The normalized spacial score (nSPS) is 10.4. The van der Waals surface area contributed by atoms with Crippen LogP contribution in [0.5, 0.6) is 11.5 Å². The van der Waals surface area contributed by atoms with Crippen molar-refractivity contribution in [2.24, 2.45) is 0 Å². The first-order chi connectivity index (χ1) is 11.8. The van der Waals surface area contributed by atoms with Gasteiger partial charge in [-0.15, -0.1) is 0 Å². The highest BCUT2D eigenvalue weighted by Crippen LogP contribution is 2.26. The van der Waals surface area contributed by atoms with Gasteiger partial charge in [0, 0.05) is 12.0 Å². The molecule has 3 aromatic rings. The standard InChI is InChI=1S/C20H18O4/c1-22-18-9-5-6-10-19(18)24-20(21)14-12-16-11-13-17(23-16)15-7-3-2-4-8-15/h2-11,13H,12,14H2,1H3. The van der Waals surface area contributed by atoms with E-state index in [0.29, 0.717) is 17.9 Å². The van der Waals surface area contributed by atoms with Gasteiger partial charge in [-0.3, -0.25) is 4.79 Å². The molecule has 24 heavy (non-hydrogen) atoms. The molecular weight excluding hydrogens is 304 g/mol. The first kappa shape index (κ1) is 15.9. The van der Waals surface area contributed by atoms with Gasteiger partial charge in [-0.05, 0) is 24.3 Å². The van der Waals surface area contributed by atoms with E-state index in [-0.39, 0.29) is 12.4 Å². The number of carbonyl (C=O) groups is 1. The molecule has 3 rings (SSSR count). The van der Waals surface area contributed by atoms with Crippen LogP contribution in [0.2, 0.25) is 0 Å². The van der Waals surface area contributed by atoms with Crippen molar-refractivity contribution in [2.45, 2.75) is 12.8 Å². The molecule has 0 fully saturated rings. The van der Waals surface area contributed by atoms with Gasteiger partial charge in [0.05, 0.1) is 13.5 Å². The number of furan rings is 1. The molecule has 0 bridgehead atoms. The zero-order chi connectivity index (χ0) is 16.8. The third-order valence-electron chi connectivity index (χ3n) is 3.59. The van der Waals surface area contributed by atoms with Crippen LogP contribution < -0.4 is 9.47 Å². The zero-order valence-electron chi connectivity index (χ0n) is 13.4. The molecule has 122 valence electrons. The van der Waals surface area contributed by atoms with Gasteiger partial charge >= 0.3 is 5.97 Å². The summed E-state index contributed by atoms with van der Waals surface area (Å²) in [5.41, 5.74) is 1.01. The molecule has 0 unspecified atom stereocenters. The molecule has 0 saturated heterocycles. The summed E-state index contributed by atoms with van der Waals surface area (Å²) >= 11 is 0. The molecule has 1 heterocycles. The number of methoxy groups -OCH3 is 1. The molecular formula is C20H18O4. The lowest BCUT2D eigenvalue weighted by Gasteiger charge is -2.08. The van der Waals surface area contributed by atoms with Gasteiger partial charge in [-0.1, -0.05) is 42.5 Å². The highest BCUT2D eigenvalue weighted by atomic mass is 16.6. The second kappa shape index (κ2) is 7.51. The van der Waals surface area contributed by atoms with E-state index in [1.54, 1.807) is 25.3 Å². The Labute approximate surface area is 140 Å². The third kappa shape index (κ3) is 3.84. The molecule has 0 spiro atoms. The number of para-hydroxylation sites is 2. The first-order valence-electron chi connectivity index (χ1n) is 7.74. The highest BCUT2D eigenvalue weighted by Gasteiger charge is 2.11. The second-order valence-corrected chi connectivity index (χ2v) is 5.26. The molecule has 4 heteroatoms. The van der Waals surface area contributed by atoms with Gasteiger partial charge in [-0.2, -0.15) is 0 Å². The quantitative estimate of drug-likeness (QED) is 0.495. The Hall–Kier alpha value is -3.01. The van der Waals surface area contributed by atoms with E-state index >= 15 is 0 Å². The van der Waals surface area contributed by atoms with Crippen molar-refractivity contribution in [3.05, 3.63) is 72.5 Å². The van der Waals surface area contributed by atoms with E-state index in [2.05, 4.69) is 0 Å². The number of hydrogen-bond donors (Lipinski definition) is 0. The smallest absolute Gasteiger partial charge is 0.311 e. The monoisotopic (exact) mass is 322 g/mol. The van der Waals surface area contributed by atoms with Crippen LogP contribution in [0.4, 0.5) is 0 Å².